The summed E-state index contributed by atoms with van der Waals surface area (Å²) in [7, 11) is 5.28. The molecule has 1 N–H and O–H groups in total. The average molecular weight is 195 g/mol. The van der Waals surface area contributed by atoms with E-state index < -0.39 is 0 Å². The van der Waals surface area contributed by atoms with E-state index in [1.807, 2.05) is 31.3 Å². The fourth-order valence-electron chi connectivity index (χ4n) is 1.44. The fourth-order valence-corrected chi connectivity index (χ4v) is 1.44. The van der Waals surface area contributed by atoms with E-state index in [1.165, 1.54) is 0 Å². The van der Waals surface area contributed by atoms with Gasteiger partial charge in [0.25, 0.3) is 0 Å². The smallest absolute Gasteiger partial charge is 0.124 e. The van der Waals surface area contributed by atoms with Crippen molar-refractivity contribution in [1.82, 2.24) is 5.32 Å². The number of ether oxygens (including phenoxy) is 2. The number of rotatable bonds is 5. The Morgan fingerprint density at radius 3 is 2.57 bits per heavy atom. The number of benzene rings is 1. The normalized spacial score (nSPS) is 12.5. The molecule has 1 aromatic rings. The van der Waals surface area contributed by atoms with E-state index in [2.05, 4.69) is 5.32 Å². The molecule has 0 aliphatic rings. The summed E-state index contributed by atoms with van der Waals surface area (Å²) in [6, 6.07) is 7.90. The lowest BCUT2D eigenvalue weighted by Crippen LogP contribution is -2.19. The zero-order valence-corrected chi connectivity index (χ0v) is 8.91. The molecule has 0 bridgehead atoms. The molecule has 0 saturated heterocycles. The highest BCUT2D eigenvalue weighted by molar-refractivity contribution is 5.35. The highest BCUT2D eigenvalue weighted by atomic mass is 16.5. The molecular weight excluding hydrogens is 178 g/mol. The minimum absolute atomic E-state index is 0.0381. The Labute approximate surface area is 85.0 Å². The first-order valence-corrected chi connectivity index (χ1v) is 4.63. The maximum absolute atomic E-state index is 5.38. The topological polar surface area (TPSA) is 30.5 Å². The lowest BCUT2D eigenvalue weighted by atomic mass is 10.1. The molecule has 0 aliphatic heterocycles. The molecule has 0 aliphatic carbocycles. The molecule has 0 fully saturated rings. The van der Waals surface area contributed by atoms with Gasteiger partial charge in [-0.25, -0.2) is 0 Å². The number of likely N-dealkylation sites (N-methyl/N-ethyl adjacent to an activating group) is 1. The second-order valence-electron chi connectivity index (χ2n) is 3.02. The number of nitrogens with one attached hydrogen (secondary N) is 1. The van der Waals surface area contributed by atoms with Gasteiger partial charge in [0.15, 0.2) is 0 Å². The van der Waals surface area contributed by atoms with Crippen molar-refractivity contribution in [2.24, 2.45) is 0 Å². The van der Waals surface area contributed by atoms with Crippen LogP contribution in [-0.4, -0.2) is 27.8 Å². The van der Waals surface area contributed by atoms with Crippen LogP contribution in [0.2, 0.25) is 0 Å². The van der Waals surface area contributed by atoms with Gasteiger partial charge in [0.2, 0.25) is 0 Å². The van der Waals surface area contributed by atoms with Gasteiger partial charge in [-0.1, -0.05) is 18.2 Å². The molecule has 0 unspecified atom stereocenters. The van der Waals surface area contributed by atoms with Crippen LogP contribution in [0.4, 0.5) is 0 Å². The fraction of sp³-hybridized carbons (Fsp3) is 0.455. The number of methoxy groups -OCH3 is 2. The Morgan fingerprint density at radius 2 is 2.00 bits per heavy atom. The summed E-state index contributed by atoms with van der Waals surface area (Å²) in [6.07, 6.45) is 0.0381. The first kappa shape index (κ1) is 11.0. The van der Waals surface area contributed by atoms with Crippen LogP contribution in [0, 0.1) is 0 Å². The zero-order chi connectivity index (χ0) is 10.4. The Kier molecular flexibility index (Phi) is 4.43. The third-order valence-electron chi connectivity index (χ3n) is 2.16. The predicted molar refractivity (Wildman–Crippen MR) is 56.7 cm³/mol. The maximum Gasteiger partial charge on any atom is 0.124 e. The largest absolute Gasteiger partial charge is 0.496 e. The van der Waals surface area contributed by atoms with Gasteiger partial charge in [0, 0.05) is 19.2 Å². The molecule has 78 valence electrons. The summed E-state index contributed by atoms with van der Waals surface area (Å²) < 4.78 is 10.6. The highest BCUT2D eigenvalue weighted by Crippen LogP contribution is 2.26. The minimum atomic E-state index is 0.0381. The Hall–Kier alpha value is -1.06. The third kappa shape index (κ3) is 2.47. The van der Waals surface area contributed by atoms with Crippen molar-refractivity contribution < 1.29 is 9.47 Å². The van der Waals surface area contributed by atoms with Crippen LogP contribution >= 0.6 is 0 Å². The molecule has 0 spiro atoms. The zero-order valence-electron chi connectivity index (χ0n) is 8.91. The molecule has 0 saturated carbocycles. The molecule has 3 heteroatoms. The van der Waals surface area contributed by atoms with Gasteiger partial charge in [-0.3, -0.25) is 0 Å². The van der Waals surface area contributed by atoms with Crippen LogP contribution in [0.25, 0.3) is 0 Å². The van der Waals surface area contributed by atoms with Crippen LogP contribution in [-0.2, 0) is 4.74 Å². The summed E-state index contributed by atoms with van der Waals surface area (Å²) in [5.74, 6) is 0.870. The van der Waals surface area contributed by atoms with E-state index in [0.29, 0.717) is 0 Å². The third-order valence-corrected chi connectivity index (χ3v) is 2.16. The lowest BCUT2D eigenvalue weighted by Gasteiger charge is -2.17. The van der Waals surface area contributed by atoms with Crippen molar-refractivity contribution >= 4 is 0 Å². The van der Waals surface area contributed by atoms with Gasteiger partial charge in [-0.2, -0.15) is 0 Å². The molecule has 0 aromatic heterocycles. The molecule has 1 aromatic carbocycles. The van der Waals surface area contributed by atoms with Gasteiger partial charge in [0.05, 0.1) is 13.2 Å². The van der Waals surface area contributed by atoms with Crippen LogP contribution in [0.3, 0.4) is 0 Å². The lowest BCUT2D eigenvalue weighted by molar-refractivity contribution is 0.102. The van der Waals surface area contributed by atoms with E-state index in [0.717, 1.165) is 17.9 Å². The molecule has 1 atom stereocenters. The Bertz CT molecular complexity index is 276. The standard InChI is InChI=1S/C11H17NO2/c1-12-8-11(14-3)9-6-4-5-7-10(9)13-2/h4-7,11-12H,8H2,1-3H3/t11-/m0/s1. The van der Waals surface area contributed by atoms with Gasteiger partial charge < -0.3 is 14.8 Å². The SMILES string of the molecule is CNC[C@H](OC)c1ccccc1OC. The van der Waals surface area contributed by atoms with Gasteiger partial charge in [-0.05, 0) is 13.1 Å². The summed E-state index contributed by atoms with van der Waals surface area (Å²) >= 11 is 0. The molecule has 0 radical (unpaired) electrons. The molecule has 0 heterocycles. The Morgan fingerprint density at radius 1 is 1.29 bits per heavy atom. The van der Waals surface area contributed by atoms with Crippen molar-refractivity contribution in [1.29, 1.82) is 0 Å². The van der Waals surface area contributed by atoms with Gasteiger partial charge >= 0.3 is 0 Å². The van der Waals surface area contributed by atoms with Crippen molar-refractivity contribution in [3.05, 3.63) is 29.8 Å². The second-order valence-corrected chi connectivity index (χ2v) is 3.02. The summed E-state index contributed by atoms with van der Waals surface area (Å²) in [5, 5.41) is 3.09. The first-order valence-electron chi connectivity index (χ1n) is 4.63. The van der Waals surface area contributed by atoms with Crippen molar-refractivity contribution in [3.8, 4) is 5.75 Å². The average Bonchev–Trinajstić information content (AvgIpc) is 2.26. The monoisotopic (exact) mass is 195 g/mol. The summed E-state index contributed by atoms with van der Waals surface area (Å²) in [4.78, 5) is 0. The van der Waals surface area contributed by atoms with Crippen LogP contribution < -0.4 is 10.1 Å². The van der Waals surface area contributed by atoms with Crippen molar-refractivity contribution in [2.45, 2.75) is 6.10 Å². The molecule has 0 amide bonds. The number of hydrogen-bond donors (Lipinski definition) is 1. The van der Waals surface area contributed by atoms with Crippen LogP contribution in [0.1, 0.15) is 11.7 Å². The number of hydrogen-bond acceptors (Lipinski definition) is 3. The van der Waals surface area contributed by atoms with E-state index in [4.69, 9.17) is 9.47 Å². The first-order chi connectivity index (χ1) is 6.83. The minimum Gasteiger partial charge on any atom is -0.496 e. The van der Waals surface area contributed by atoms with Crippen LogP contribution in [0.5, 0.6) is 5.75 Å². The van der Waals surface area contributed by atoms with E-state index >= 15 is 0 Å². The Balaban J connectivity index is 2.90. The van der Waals surface area contributed by atoms with E-state index in [1.54, 1.807) is 14.2 Å². The molecule has 3 nitrogen and oxygen atoms in total. The maximum atomic E-state index is 5.38. The molecule has 1 rings (SSSR count). The van der Waals surface area contributed by atoms with E-state index in [9.17, 15) is 0 Å². The van der Waals surface area contributed by atoms with Crippen molar-refractivity contribution in [3.63, 3.8) is 0 Å². The predicted octanol–water partition coefficient (Wildman–Crippen LogP) is 1.60. The number of para-hydroxylation sites is 1. The summed E-state index contributed by atoms with van der Waals surface area (Å²) in [6.45, 7) is 0.775. The molecule has 14 heavy (non-hydrogen) atoms. The van der Waals surface area contributed by atoms with Crippen LogP contribution in [0.15, 0.2) is 24.3 Å². The quantitative estimate of drug-likeness (QED) is 0.774. The summed E-state index contributed by atoms with van der Waals surface area (Å²) in [5.41, 5.74) is 1.08. The van der Waals surface area contributed by atoms with Gasteiger partial charge in [0.1, 0.15) is 5.75 Å². The molecular formula is C11H17NO2. The highest BCUT2D eigenvalue weighted by Gasteiger charge is 2.13. The van der Waals surface area contributed by atoms with Gasteiger partial charge in [-0.15, -0.1) is 0 Å². The van der Waals surface area contributed by atoms with Crippen molar-refractivity contribution in [2.75, 3.05) is 27.8 Å². The van der Waals surface area contributed by atoms with E-state index in [-0.39, 0.29) is 6.10 Å². The second kappa shape index (κ2) is 5.62.